The number of halogens is 1. The lowest BCUT2D eigenvalue weighted by molar-refractivity contribution is 0.472. The van der Waals surface area contributed by atoms with E-state index in [0.717, 1.165) is 22.6 Å². The van der Waals surface area contributed by atoms with Gasteiger partial charge in [-0.25, -0.2) is 0 Å². The first-order chi connectivity index (χ1) is 7.63. The van der Waals surface area contributed by atoms with E-state index in [-0.39, 0.29) is 0 Å². The van der Waals surface area contributed by atoms with Gasteiger partial charge in [-0.1, -0.05) is 32.4 Å². The van der Waals surface area contributed by atoms with Crippen molar-refractivity contribution in [2.45, 2.75) is 37.6 Å². The number of hydrogen-bond donors (Lipinski definition) is 1. The van der Waals surface area contributed by atoms with Crippen molar-refractivity contribution in [1.82, 2.24) is 0 Å². The zero-order valence-electron chi connectivity index (χ0n) is 9.95. The average Bonchev–Trinajstić information content (AvgIpc) is 2.28. The Morgan fingerprint density at radius 2 is 2.06 bits per heavy atom. The van der Waals surface area contributed by atoms with Crippen molar-refractivity contribution in [3.05, 3.63) is 28.7 Å². The summed E-state index contributed by atoms with van der Waals surface area (Å²) >= 11 is 5.38. The molecule has 90 valence electrons. The number of hydrogen-bond acceptors (Lipinski definition) is 2. The number of rotatable bonds is 6. The maximum absolute atomic E-state index is 6.11. The van der Waals surface area contributed by atoms with Gasteiger partial charge in [-0.05, 0) is 40.4 Å². The molecule has 0 saturated heterocycles. The maximum Gasteiger partial charge on any atom is 0.0311 e. The first-order valence-corrected chi connectivity index (χ1v) is 7.54. The van der Waals surface area contributed by atoms with E-state index in [1.807, 2.05) is 17.8 Å². The number of benzene rings is 1. The van der Waals surface area contributed by atoms with Gasteiger partial charge in [0.05, 0.1) is 0 Å². The van der Waals surface area contributed by atoms with Crippen LogP contribution in [0.5, 0.6) is 0 Å². The normalized spacial score (nSPS) is 14.8. The average molecular weight is 302 g/mol. The van der Waals surface area contributed by atoms with Crippen LogP contribution < -0.4 is 5.73 Å². The number of nitrogens with two attached hydrogens (primary N) is 1. The zero-order valence-corrected chi connectivity index (χ0v) is 12.4. The highest BCUT2D eigenvalue weighted by Gasteiger charge is 2.09. The molecule has 0 spiro atoms. The second kappa shape index (κ2) is 7.36. The fourth-order valence-corrected chi connectivity index (χ4v) is 3.05. The van der Waals surface area contributed by atoms with Gasteiger partial charge in [0.2, 0.25) is 0 Å². The van der Waals surface area contributed by atoms with Crippen molar-refractivity contribution in [3.8, 4) is 0 Å². The Bertz CT molecular complexity index is 317. The van der Waals surface area contributed by atoms with E-state index in [2.05, 4.69) is 48.0 Å². The Balaban J connectivity index is 2.37. The predicted molar refractivity (Wildman–Crippen MR) is 76.9 cm³/mol. The Hall–Kier alpha value is 0.01000. The van der Waals surface area contributed by atoms with Crippen molar-refractivity contribution in [1.29, 1.82) is 0 Å². The van der Waals surface area contributed by atoms with Crippen LogP contribution in [0.15, 0.2) is 33.6 Å². The van der Waals surface area contributed by atoms with E-state index in [0.29, 0.717) is 6.04 Å². The molecule has 0 heterocycles. The first kappa shape index (κ1) is 14.1. The summed E-state index contributed by atoms with van der Waals surface area (Å²) in [5.74, 6) is 1.72. The van der Waals surface area contributed by atoms with Gasteiger partial charge in [0, 0.05) is 21.2 Å². The van der Waals surface area contributed by atoms with Crippen molar-refractivity contribution in [2.75, 3.05) is 5.75 Å². The summed E-state index contributed by atoms with van der Waals surface area (Å²) < 4.78 is 1.16. The van der Waals surface area contributed by atoms with Gasteiger partial charge in [-0.3, -0.25) is 0 Å². The quantitative estimate of drug-likeness (QED) is 0.793. The third-order valence-electron chi connectivity index (χ3n) is 2.69. The summed E-state index contributed by atoms with van der Waals surface area (Å²) in [5.41, 5.74) is 6.11. The molecule has 0 amide bonds. The highest BCUT2D eigenvalue weighted by Crippen LogP contribution is 2.27. The Labute approximate surface area is 111 Å². The summed E-state index contributed by atoms with van der Waals surface area (Å²) in [6.07, 6.45) is 2.33. The summed E-state index contributed by atoms with van der Waals surface area (Å²) in [4.78, 5) is 1.28. The van der Waals surface area contributed by atoms with E-state index in [4.69, 9.17) is 5.73 Å². The summed E-state index contributed by atoms with van der Waals surface area (Å²) in [6, 6.07) is 8.60. The second-order valence-corrected chi connectivity index (χ2v) is 6.17. The van der Waals surface area contributed by atoms with Crippen LogP contribution in [0.3, 0.4) is 0 Å². The second-order valence-electron chi connectivity index (χ2n) is 4.25. The smallest absolute Gasteiger partial charge is 0.0311 e. The highest BCUT2D eigenvalue weighted by molar-refractivity contribution is 9.10. The molecule has 0 fully saturated rings. The fourth-order valence-electron chi connectivity index (χ4n) is 1.51. The molecule has 2 atom stereocenters. The Kier molecular flexibility index (Phi) is 6.47. The Morgan fingerprint density at radius 3 is 2.69 bits per heavy atom. The summed E-state index contributed by atoms with van der Waals surface area (Å²) in [5, 5.41) is 0. The molecule has 2 unspecified atom stereocenters. The zero-order chi connectivity index (χ0) is 12.0. The van der Waals surface area contributed by atoms with Crippen LogP contribution >= 0.6 is 27.7 Å². The molecule has 1 aromatic carbocycles. The minimum Gasteiger partial charge on any atom is -0.327 e. The SMILES string of the molecule is CCC(C)CC(N)CSc1ccccc1Br. The molecular formula is C13H20BrNS. The van der Waals surface area contributed by atoms with Crippen LogP contribution in [0.2, 0.25) is 0 Å². The van der Waals surface area contributed by atoms with Crippen LogP contribution in [0.25, 0.3) is 0 Å². The van der Waals surface area contributed by atoms with Gasteiger partial charge in [0.25, 0.3) is 0 Å². The molecule has 3 heteroatoms. The van der Waals surface area contributed by atoms with E-state index in [1.54, 1.807) is 0 Å². The molecule has 16 heavy (non-hydrogen) atoms. The molecule has 1 nitrogen and oxygen atoms in total. The molecule has 0 saturated carbocycles. The van der Waals surface area contributed by atoms with E-state index in [9.17, 15) is 0 Å². The van der Waals surface area contributed by atoms with Crippen LogP contribution in [0.4, 0.5) is 0 Å². The maximum atomic E-state index is 6.11. The largest absolute Gasteiger partial charge is 0.327 e. The van der Waals surface area contributed by atoms with E-state index < -0.39 is 0 Å². The molecule has 1 rings (SSSR count). The lowest BCUT2D eigenvalue weighted by atomic mass is 10.0. The van der Waals surface area contributed by atoms with Crippen LogP contribution in [0.1, 0.15) is 26.7 Å². The third-order valence-corrected chi connectivity index (χ3v) is 4.91. The molecule has 0 aliphatic rings. The molecule has 0 aromatic heterocycles. The van der Waals surface area contributed by atoms with Crippen molar-refractivity contribution in [2.24, 2.45) is 11.7 Å². The number of thioether (sulfide) groups is 1. The fraction of sp³-hybridized carbons (Fsp3) is 0.538. The standard InChI is InChI=1S/C13H20BrNS/c1-3-10(2)8-11(15)9-16-13-7-5-4-6-12(13)14/h4-7,10-11H,3,8-9,15H2,1-2H3. The van der Waals surface area contributed by atoms with Gasteiger partial charge in [0.1, 0.15) is 0 Å². The minimum absolute atomic E-state index is 0.298. The van der Waals surface area contributed by atoms with Gasteiger partial charge in [0.15, 0.2) is 0 Å². The summed E-state index contributed by atoms with van der Waals surface area (Å²) in [7, 11) is 0. The monoisotopic (exact) mass is 301 g/mol. The molecule has 0 bridgehead atoms. The predicted octanol–water partition coefficient (Wildman–Crippen LogP) is 4.30. The first-order valence-electron chi connectivity index (χ1n) is 5.76. The molecule has 0 aliphatic heterocycles. The topological polar surface area (TPSA) is 26.0 Å². The third kappa shape index (κ3) is 4.89. The van der Waals surface area contributed by atoms with Gasteiger partial charge in [-0.2, -0.15) is 0 Å². The molecule has 2 N–H and O–H groups in total. The van der Waals surface area contributed by atoms with Crippen molar-refractivity contribution in [3.63, 3.8) is 0 Å². The Morgan fingerprint density at radius 1 is 1.38 bits per heavy atom. The lowest BCUT2D eigenvalue weighted by Gasteiger charge is -2.15. The van der Waals surface area contributed by atoms with Crippen molar-refractivity contribution >= 4 is 27.7 Å². The van der Waals surface area contributed by atoms with Crippen LogP contribution in [-0.4, -0.2) is 11.8 Å². The van der Waals surface area contributed by atoms with E-state index >= 15 is 0 Å². The van der Waals surface area contributed by atoms with Gasteiger partial charge >= 0.3 is 0 Å². The van der Waals surface area contributed by atoms with Gasteiger partial charge < -0.3 is 5.73 Å². The van der Waals surface area contributed by atoms with Gasteiger partial charge in [-0.15, -0.1) is 11.8 Å². The molecule has 1 aromatic rings. The molecule has 0 aliphatic carbocycles. The van der Waals surface area contributed by atoms with Crippen LogP contribution in [-0.2, 0) is 0 Å². The van der Waals surface area contributed by atoms with Crippen molar-refractivity contribution < 1.29 is 0 Å². The summed E-state index contributed by atoms with van der Waals surface area (Å²) in [6.45, 7) is 4.49. The molecule has 0 radical (unpaired) electrons. The van der Waals surface area contributed by atoms with Crippen LogP contribution in [0, 0.1) is 5.92 Å². The highest BCUT2D eigenvalue weighted by atomic mass is 79.9. The van der Waals surface area contributed by atoms with E-state index in [1.165, 1.54) is 11.3 Å². The lowest BCUT2D eigenvalue weighted by Crippen LogP contribution is -2.25. The molecular weight excluding hydrogens is 282 g/mol. The minimum atomic E-state index is 0.298.